The number of H-pyrrole nitrogens is 1. The molecule has 1 aromatic heterocycles. The summed E-state index contributed by atoms with van der Waals surface area (Å²) >= 11 is 5.82. The molecule has 0 aliphatic rings. The number of benzene rings is 1. The molecule has 2 rings (SSSR count). The van der Waals surface area contributed by atoms with Crippen LogP contribution in [0.3, 0.4) is 0 Å². The minimum absolute atomic E-state index is 0.534. The van der Waals surface area contributed by atoms with E-state index in [0.717, 1.165) is 21.6 Å². The number of aromatic nitrogens is 1. The molecule has 0 bridgehead atoms. The molecule has 1 aromatic carbocycles. The largest absolute Gasteiger partial charge is 0.357 e. The van der Waals surface area contributed by atoms with Crippen molar-refractivity contribution < 1.29 is 0 Å². The average molecular weight is 181 g/mol. The normalized spacial score (nSPS) is 10.8. The number of nitrogens with one attached hydrogen (secondary N) is 1. The van der Waals surface area contributed by atoms with E-state index in [2.05, 4.69) is 4.98 Å². The predicted octanol–water partition coefficient (Wildman–Crippen LogP) is 2.28. The number of halogens is 1. The summed E-state index contributed by atoms with van der Waals surface area (Å²) < 4.78 is 0. The number of nitrogens with two attached hydrogens (primary N) is 1. The molecule has 2 nitrogen and oxygen atoms in total. The molecule has 0 fully saturated rings. The van der Waals surface area contributed by atoms with Crippen LogP contribution in [0.4, 0.5) is 0 Å². The van der Waals surface area contributed by atoms with Crippen LogP contribution in [0.25, 0.3) is 10.9 Å². The molecule has 0 amide bonds. The van der Waals surface area contributed by atoms with Crippen LogP contribution >= 0.6 is 11.6 Å². The number of hydrogen-bond donors (Lipinski definition) is 2. The van der Waals surface area contributed by atoms with E-state index in [1.807, 2.05) is 24.3 Å². The van der Waals surface area contributed by atoms with Gasteiger partial charge in [0, 0.05) is 22.8 Å². The Morgan fingerprint density at radius 1 is 1.33 bits per heavy atom. The van der Waals surface area contributed by atoms with Crippen molar-refractivity contribution in [2.45, 2.75) is 6.54 Å². The Morgan fingerprint density at radius 3 is 2.92 bits per heavy atom. The molecule has 0 aliphatic heterocycles. The first-order valence-corrected chi connectivity index (χ1v) is 4.14. The third-order valence-corrected chi connectivity index (χ3v) is 2.10. The molecule has 0 spiro atoms. The fourth-order valence-corrected chi connectivity index (χ4v) is 1.44. The summed E-state index contributed by atoms with van der Waals surface area (Å²) in [6.45, 7) is 0.534. The van der Waals surface area contributed by atoms with Crippen molar-refractivity contribution in [2.75, 3.05) is 0 Å². The molecule has 0 radical (unpaired) electrons. The highest BCUT2D eigenvalue weighted by molar-refractivity contribution is 6.31. The van der Waals surface area contributed by atoms with E-state index in [9.17, 15) is 0 Å². The zero-order chi connectivity index (χ0) is 8.55. The summed E-state index contributed by atoms with van der Waals surface area (Å²) in [7, 11) is 0. The van der Waals surface area contributed by atoms with Gasteiger partial charge in [-0.2, -0.15) is 0 Å². The monoisotopic (exact) mass is 180 g/mol. The van der Waals surface area contributed by atoms with Gasteiger partial charge in [-0.1, -0.05) is 17.7 Å². The highest BCUT2D eigenvalue weighted by atomic mass is 35.5. The van der Waals surface area contributed by atoms with Crippen LogP contribution in [0.1, 0.15) is 5.69 Å². The van der Waals surface area contributed by atoms with Crippen LogP contribution < -0.4 is 5.73 Å². The molecule has 1 heterocycles. The molecule has 0 unspecified atom stereocenters. The zero-order valence-electron chi connectivity index (χ0n) is 6.47. The van der Waals surface area contributed by atoms with Gasteiger partial charge in [-0.3, -0.25) is 0 Å². The number of aromatic amines is 1. The van der Waals surface area contributed by atoms with Gasteiger partial charge < -0.3 is 10.7 Å². The third-order valence-electron chi connectivity index (χ3n) is 1.86. The van der Waals surface area contributed by atoms with Gasteiger partial charge in [0.1, 0.15) is 0 Å². The van der Waals surface area contributed by atoms with Crippen molar-refractivity contribution in [3.8, 4) is 0 Å². The van der Waals surface area contributed by atoms with Crippen LogP contribution in [0.15, 0.2) is 24.3 Å². The fraction of sp³-hybridized carbons (Fsp3) is 0.111. The number of fused-ring (bicyclic) bond motifs is 1. The smallest absolute Gasteiger partial charge is 0.0471 e. The third kappa shape index (κ3) is 1.19. The van der Waals surface area contributed by atoms with Crippen LogP contribution in [0.2, 0.25) is 5.02 Å². The first-order chi connectivity index (χ1) is 5.79. The van der Waals surface area contributed by atoms with Crippen molar-refractivity contribution in [2.24, 2.45) is 5.73 Å². The van der Waals surface area contributed by atoms with E-state index in [0.29, 0.717) is 6.54 Å². The van der Waals surface area contributed by atoms with Gasteiger partial charge >= 0.3 is 0 Å². The van der Waals surface area contributed by atoms with Gasteiger partial charge in [0.15, 0.2) is 0 Å². The van der Waals surface area contributed by atoms with Crippen molar-refractivity contribution in [3.05, 3.63) is 35.0 Å². The van der Waals surface area contributed by atoms with Crippen LogP contribution in [0.5, 0.6) is 0 Å². The van der Waals surface area contributed by atoms with Crippen molar-refractivity contribution in [1.82, 2.24) is 4.98 Å². The second-order valence-electron chi connectivity index (χ2n) is 2.73. The first kappa shape index (κ1) is 7.65. The van der Waals surface area contributed by atoms with E-state index in [1.165, 1.54) is 0 Å². The van der Waals surface area contributed by atoms with E-state index < -0.39 is 0 Å². The summed E-state index contributed by atoms with van der Waals surface area (Å²) in [5.41, 5.74) is 7.57. The molecule has 2 aromatic rings. The molecule has 3 heteroatoms. The van der Waals surface area contributed by atoms with Gasteiger partial charge in [0.2, 0.25) is 0 Å². The van der Waals surface area contributed by atoms with Gasteiger partial charge in [-0.25, -0.2) is 0 Å². The molecule has 0 saturated heterocycles. The molecular weight excluding hydrogens is 172 g/mol. The van der Waals surface area contributed by atoms with Gasteiger partial charge in [0.25, 0.3) is 0 Å². The minimum atomic E-state index is 0.534. The SMILES string of the molecule is NCc1cc2ccc(Cl)cc2[nH]1. The summed E-state index contributed by atoms with van der Waals surface area (Å²) in [6, 6.07) is 7.78. The maximum atomic E-state index is 5.82. The Morgan fingerprint density at radius 2 is 2.17 bits per heavy atom. The lowest BCUT2D eigenvalue weighted by molar-refractivity contribution is 1.02. The van der Waals surface area contributed by atoms with E-state index in [4.69, 9.17) is 17.3 Å². The minimum Gasteiger partial charge on any atom is -0.357 e. The van der Waals surface area contributed by atoms with Crippen LogP contribution in [-0.2, 0) is 6.54 Å². The second kappa shape index (κ2) is 2.81. The Kier molecular flexibility index (Phi) is 1.79. The summed E-state index contributed by atoms with van der Waals surface area (Å²) in [6.07, 6.45) is 0. The highest BCUT2D eigenvalue weighted by Crippen LogP contribution is 2.19. The Bertz CT molecular complexity index is 406. The van der Waals surface area contributed by atoms with Crippen molar-refractivity contribution in [1.29, 1.82) is 0 Å². The quantitative estimate of drug-likeness (QED) is 0.695. The number of rotatable bonds is 1. The predicted molar refractivity (Wildman–Crippen MR) is 51.2 cm³/mol. The molecular formula is C9H9ClN2. The summed E-state index contributed by atoms with van der Waals surface area (Å²) in [5, 5.41) is 1.90. The molecule has 0 atom stereocenters. The van der Waals surface area contributed by atoms with E-state index >= 15 is 0 Å². The average Bonchev–Trinajstić information content (AvgIpc) is 2.46. The highest BCUT2D eigenvalue weighted by Gasteiger charge is 1.98. The Labute approximate surface area is 75.3 Å². The molecule has 0 saturated carbocycles. The summed E-state index contributed by atoms with van der Waals surface area (Å²) in [5.74, 6) is 0. The molecule has 0 aliphatic carbocycles. The van der Waals surface area contributed by atoms with Crippen LogP contribution in [0, 0.1) is 0 Å². The van der Waals surface area contributed by atoms with Gasteiger partial charge in [-0.05, 0) is 23.6 Å². The van der Waals surface area contributed by atoms with Gasteiger partial charge in [0.05, 0.1) is 0 Å². The first-order valence-electron chi connectivity index (χ1n) is 3.77. The standard InChI is InChI=1S/C9H9ClN2/c10-7-2-1-6-3-8(5-11)12-9(6)4-7/h1-4,12H,5,11H2. The molecule has 62 valence electrons. The van der Waals surface area contributed by atoms with Gasteiger partial charge in [-0.15, -0.1) is 0 Å². The lowest BCUT2D eigenvalue weighted by Gasteiger charge is -1.89. The summed E-state index contributed by atoms with van der Waals surface area (Å²) in [4.78, 5) is 3.18. The Hall–Kier alpha value is -0.990. The maximum absolute atomic E-state index is 5.82. The lowest BCUT2D eigenvalue weighted by Crippen LogP contribution is -1.94. The molecule has 3 N–H and O–H groups in total. The lowest BCUT2D eigenvalue weighted by atomic mass is 10.2. The fourth-order valence-electron chi connectivity index (χ4n) is 1.27. The molecule has 12 heavy (non-hydrogen) atoms. The number of hydrogen-bond acceptors (Lipinski definition) is 1. The van der Waals surface area contributed by atoms with Crippen LogP contribution in [-0.4, -0.2) is 4.98 Å². The van der Waals surface area contributed by atoms with E-state index in [-0.39, 0.29) is 0 Å². The zero-order valence-corrected chi connectivity index (χ0v) is 7.23. The van der Waals surface area contributed by atoms with Crippen molar-refractivity contribution >= 4 is 22.5 Å². The second-order valence-corrected chi connectivity index (χ2v) is 3.17. The topological polar surface area (TPSA) is 41.8 Å². The Balaban J connectivity index is 2.67. The van der Waals surface area contributed by atoms with E-state index in [1.54, 1.807) is 0 Å². The maximum Gasteiger partial charge on any atom is 0.0471 e. The van der Waals surface area contributed by atoms with Crippen molar-refractivity contribution in [3.63, 3.8) is 0 Å².